The largest absolute Gasteiger partial charge is 0.495 e. The monoisotopic (exact) mass is 218 g/mol. The van der Waals surface area contributed by atoms with E-state index in [-0.39, 0.29) is 12.4 Å². The van der Waals surface area contributed by atoms with Crippen molar-refractivity contribution in [3.05, 3.63) is 28.5 Å². The van der Waals surface area contributed by atoms with E-state index in [1.807, 2.05) is 0 Å². The molecule has 0 atom stereocenters. The van der Waals surface area contributed by atoms with Gasteiger partial charge in [-0.1, -0.05) is 11.6 Å². The highest BCUT2D eigenvalue weighted by Crippen LogP contribution is 2.30. The Kier molecular flexibility index (Phi) is 4.17. The molecule has 78 valence electrons. The summed E-state index contributed by atoms with van der Waals surface area (Å²) in [5, 5.41) is 8.93. The van der Waals surface area contributed by atoms with Crippen molar-refractivity contribution in [3.8, 4) is 5.75 Å². The first-order chi connectivity index (χ1) is 6.70. The summed E-state index contributed by atoms with van der Waals surface area (Å²) in [6.45, 7) is 0.0208. The third-order valence-electron chi connectivity index (χ3n) is 1.96. The number of halogens is 2. The van der Waals surface area contributed by atoms with Crippen LogP contribution in [-0.2, 0) is 6.42 Å². The molecule has 0 aliphatic heterocycles. The number of rotatable bonds is 4. The van der Waals surface area contributed by atoms with Crippen LogP contribution in [0.5, 0.6) is 5.75 Å². The van der Waals surface area contributed by atoms with Gasteiger partial charge in [-0.15, -0.1) is 0 Å². The molecular weight excluding hydrogens is 207 g/mol. The van der Waals surface area contributed by atoms with Crippen LogP contribution in [0.25, 0.3) is 0 Å². The summed E-state index contributed by atoms with van der Waals surface area (Å²) >= 11 is 5.90. The third-order valence-corrected chi connectivity index (χ3v) is 2.37. The van der Waals surface area contributed by atoms with Crippen molar-refractivity contribution in [2.45, 2.75) is 12.8 Å². The summed E-state index contributed by atoms with van der Waals surface area (Å²) < 4.78 is 18.2. The van der Waals surface area contributed by atoms with Crippen molar-refractivity contribution in [2.75, 3.05) is 13.7 Å². The zero-order valence-electron chi connectivity index (χ0n) is 7.89. The molecule has 0 saturated carbocycles. The summed E-state index contributed by atoms with van der Waals surface area (Å²) in [5.74, 6) is 0.102. The molecule has 2 nitrogen and oxygen atoms in total. The first kappa shape index (κ1) is 11.3. The lowest BCUT2D eigenvalue weighted by Crippen LogP contribution is -1.97. The molecule has 0 aliphatic rings. The van der Waals surface area contributed by atoms with Crippen LogP contribution in [-0.4, -0.2) is 18.8 Å². The lowest BCUT2D eigenvalue weighted by molar-refractivity contribution is 0.288. The molecule has 0 aromatic heterocycles. The van der Waals surface area contributed by atoms with E-state index in [0.717, 1.165) is 0 Å². The van der Waals surface area contributed by atoms with Gasteiger partial charge >= 0.3 is 0 Å². The van der Waals surface area contributed by atoms with Crippen molar-refractivity contribution in [2.24, 2.45) is 0 Å². The topological polar surface area (TPSA) is 29.5 Å². The van der Waals surface area contributed by atoms with Gasteiger partial charge in [0.2, 0.25) is 0 Å². The van der Waals surface area contributed by atoms with Crippen molar-refractivity contribution in [1.29, 1.82) is 0 Å². The quantitative estimate of drug-likeness (QED) is 0.841. The highest BCUT2D eigenvalue weighted by molar-refractivity contribution is 6.32. The van der Waals surface area contributed by atoms with Crippen LogP contribution in [0, 0.1) is 5.82 Å². The van der Waals surface area contributed by atoms with Crippen molar-refractivity contribution < 1.29 is 14.2 Å². The Hall–Kier alpha value is -0.800. The van der Waals surface area contributed by atoms with Crippen molar-refractivity contribution in [3.63, 3.8) is 0 Å². The van der Waals surface area contributed by atoms with Gasteiger partial charge in [0.15, 0.2) is 0 Å². The Morgan fingerprint density at radius 3 is 2.79 bits per heavy atom. The maximum Gasteiger partial charge on any atom is 0.137 e. The number of hydrogen-bond acceptors (Lipinski definition) is 2. The summed E-state index contributed by atoms with van der Waals surface area (Å²) in [5.41, 5.74) is 0.403. The molecule has 0 heterocycles. The number of aliphatic hydroxyl groups excluding tert-OH is 1. The van der Waals surface area contributed by atoms with Crippen LogP contribution in [0.3, 0.4) is 0 Å². The second kappa shape index (κ2) is 5.17. The fraction of sp³-hybridized carbons (Fsp3) is 0.400. The van der Waals surface area contributed by atoms with Crippen molar-refractivity contribution >= 4 is 11.6 Å². The van der Waals surface area contributed by atoms with E-state index in [1.54, 1.807) is 0 Å². The van der Waals surface area contributed by atoms with Gasteiger partial charge in [0.05, 0.1) is 12.1 Å². The first-order valence-corrected chi connectivity index (χ1v) is 4.70. The van der Waals surface area contributed by atoms with Gasteiger partial charge in [-0.25, -0.2) is 4.39 Å². The summed E-state index contributed by atoms with van der Waals surface area (Å²) in [4.78, 5) is 0. The molecule has 0 unspecified atom stereocenters. The molecule has 0 saturated heterocycles. The van der Waals surface area contributed by atoms with Crippen LogP contribution in [0.15, 0.2) is 12.1 Å². The number of aliphatic hydroxyl groups is 1. The molecule has 0 amide bonds. The summed E-state index contributed by atoms with van der Waals surface area (Å²) in [6, 6.07) is 2.80. The predicted octanol–water partition coefficient (Wildman–Crippen LogP) is 2.41. The second-order valence-corrected chi connectivity index (χ2v) is 3.25. The Bertz CT molecular complexity index is 315. The van der Waals surface area contributed by atoms with Gasteiger partial charge in [-0.2, -0.15) is 0 Å². The minimum Gasteiger partial charge on any atom is -0.495 e. The predicted molar refractivity (Wildman–Crippen MR) is 53.4 cm³/mol. The molecule has 1 aromatic rings. The smallest absolute Gasteiger partial charge is 0.137 e. The number of hydrogen-bond donors (Lipinski definition) is 1. The average Bonchev–Trinajstić information content (AvgIpc) is 2.18. The fourth-order valence-corrected chi connectivity index (χ4v) is 1.54. The molecule has 4 heteroatoms. The summed E-state index contributed by atoms with van der Waals surface area (Å²) in [7, 11) is 1.48. The molecule has 0 aliphatic carbocycles. The van der Waals surface area contributed by atoms with Gasteiger partial charge in [-0.3, -0.25) is 0 Å². The van der Waals surface area contributed by atoms with Gasteiger partial charge in [0.1, 0.15) is 11.6 Å². The number of ether oxygens (including phenoxy) is 1. The zero-order valence-corrected chi connectivity index (χ0v) is 8.64. The number of methoxy groups -OCH3 is 1. The summed E-state index contributed by atoms with van der Waals surface area (Å²) in [6.07, 6.45) is 0.905. The zero-order chi connectivity index (χ0) is 10.6. The minimum absolute atomic E-state index is 0.0208. The normalized spacial score (nSPS) is 10.3. The minimum atomic E-state index is -0.357. The number of benzene rings is 1. The van der Waals surface area contributed by atoms with E-state index in [2.05, 4.69) is 0 Å². The molecule has 0 spiro atoms. The van der Waals surface area contributed by atoms with Crippen LogP contribution < -0.4 is 4.74 Å². The lowest BCUT2D eigenvalue weighted by Gasteiger charge is -2.08. The Morgan fingerprint density at radius 1 is 1.50 bits per heavy atom. The Morgan fingerprint density at radius 2 is 2.21 bits per heavy atom. The Labute approximate surface area is 87.3 Å². The molecule has 0 bridgehead atoms. The van der Waals surface area contributed by atoms with Gasteiger partial charge in [-0.05, 0) is 25.0 Å². The standard InChI is InChI=1S/C10H12ClFO2/c1-14-9-5-4-8(12)7(10(9)11)3-2-6-13/h4-5,13H,2-3,6H2,1H3. The molecule has 0 radical (unpaired) electrons. The van der Waals surface area contributed by atoms with E-state index in [4.69, 9.17) is 21.4 Å². The van der Waals surface area contributed by atoms with Crippen LogP contribution in [0.2, 0.25) is 5.02 Å². The van der Waals surface area contributed by atoms with E-state index in [0.29, 0.717) is 29.2 Å². The van der Waals surface area contributed by atoms with E-state index >= 15 is 0 Å². The average molecular weight is 219 g/mol. The molecule has 1 rings (SSSR count). The molecule has 1 aromatic carbocycles. The fourth-order valence-electron chi connectivity index (χ4n) is 1.22. The first-order valence-electron chi connectivity index (χ1n) is 4.32. The van der Waals surface area contributed by atoms with Gasteiger partial charge < -0.3 is 9.84 Å². The molecular formula is C10H12ClFO2. The highest BCUT2D eigenvalue weighted by Gasteiger charge is 2.11. The second-order valence-electron chi connectivity index (χ2n) is 2.87. The Balaban J connectivity index is 2.99. The maximum absolute atomic E-state index is 13.3. The maximum atomic E-state index is 13.3. The SMILES string of the molecule is COc1ccc(F)c(CCCO)c1Cl. The van der Waals surface area contributed by atoms with E-state index < -0.39 is 0 Å². The van der Waals surface area contributed by atoms with Gasteiger partial charge in [0, 0.05) is 12.2 Å². The van der Waals surface area contributed by atoms with Gasteiger partial charge in [0.25, 0.3) is 0 Å². The lowest BCUT2D eigenvalue weighted by atomic mass is 10.1. The van der Waals surface area contributed by atoms with Crippen LogP contribution >= 0.6 is 11.6 Å². The third kappa shape index (κ3) is 2.36. The van der Waals surface area contributed by atoms with E-state index in [1.165, 1.54) is 19.2 Å². The van der Waals surface area contributed by atoms with E-state index in [9.17, 15) is 4.39 Å². The van der Waals surface area contributed by atoms with Crippen molar-refractivity contribution in [1.82, 2.24) is 0 Å². The van der Waals surface area contributed by atoms with Crippen LogP contribution in [0.4, 0.5) is 4.39 Å². The molecule has 1 N–H and O–H groups in total. The molecule has 0 fully saturated rings. The molecule has 14 heavy (non-hydrogen) atoms. The highest BCUT2D eigenvalue weighted by atomic mass is 35.5. The van der Waals surface area contributed by atoms with Crippen LogP contribution in [0.1, 0.15) is 12.0 Å².